The third-order valence-corrected chi connectivity index (χ3v) is 8.91. The van der Waals surface area contributed by atoms with Crippen LogP contribution >= 0.6 is 23.2 Å². The van der Waals surface area contributed by atoms with Gasteiger partial charge in [-0.3, -0.25) is 13.9 Å². The SMILES string of the molecule is CCCCNC(=O)C(C)N(Cc1ccccc1Cl)C(=O)CN(c1ccc(C)c(Cl)c1)S(=O)(=O)c1ccccc1. The second-order valence-electron chi connectivity index (χ2n) is 9.19. The van der Waals surface area contributed by atoms with Crippen LogP contribution in [0.2, 0.25) is 10.0 Å². The summed E-state index contributed by atoms with van der Waals surface area (Å²) in [6.45, 7) is 5.39. The Morgan fingerprint density at radius 1 is 0.949 bits per heavy atom. The molecule has 10 heteroatoms. The molecule has 0 aliphatic rings. The fourth-order valence-corrected chi connectivity index (χ4v) is 5.71. The molecule has 0 radical (unpaired) electrons. The van der Waals surface area contributed by atoms with Crippen molar-refractivity contribution >= 4 is 50.7 Å². The van der Waals surface area contributed by atoms with Crippen LogP contribution in [0.4, 0.5) is 5.69 Å². The first-order valence-electron chi connectivity index (χ1n) is 12.7. The molecule has 39 heavy (non-hydrogen) atoms. The van der Waals surface area contributed by atoms with E-state index in [1.165, 1.54) is 23.1 Å². The summed E-state index contributed by atoms with van der Waals surface area (Å²) in [6.07, 6.45) is 1.70. The van der Waals surface area contributed by atoms with Gasteiger partial charge in [0.05, 0.1) is 10.6 Å². The summed E-state index contributed by atoms with van der Waals surface area (Å²) in [7, 11) is -4.16. The van der Waals surface area contributed by atoms with Gasteiger partial charge >= 0.3 is 0 Å². The summed E-state index contributed by atoms with van der Waals surface area (Å²) in [5, 5.41) is 3.66. The number of carbonyl (C=O) groups is 2. The zero-order chi connectivity index (χ0) is 28.6. The topological polar surface area (TPSA) is 86.8 Å². The highest BCUT2D eigenvalue weighted by atomic mass is 35.5. The smallest absolute Gasteiger partial charge is 0.264 e. The number of hydrogen-bond donors (Lipinski definition) is 1. The predicted octanol–water partition coefficient (Wildman–Crippen LogP) is 5.83. The van der Waals surface area contributed by atoms with Crippen LogP contribution in [0.5, 0.6) is 0 Å². The number of carbonyl (C=O) groups excluding carboxylic acids is 2. The van der Waals surface area contributed by atoms with Crippen LogP contribution in [-0.2, 0) is 26.2 Å². The molecule has 0 bridgehead atoms. The summed E-state index contributed by atoms with van der Waals surface area (Å²) in [5.74, 6) is -0.899. The lowest BCUT2D eigenvalue weighted by molar-refractivity contribution is -0.139. The van der Waals surface area contributed by atoms with Crippen molar-refractivity contribution in [1.82, 2.24) is 10.2 Å². The number of amides is 2. The van der Waals surface area contributed by atoms with Crippen molar-refractivity contribution in [3.05, 3.63) is 94.0 Å². The van der Waals surface area contributed by atoms with Gasteiger partial charge in [-0.25, -0.2) is 8.42 Å². The van der Waals surface area contributed by atoms with Gasteiger partial charge in [0.25, 0.3) is 10.0 Å². The van der Waals surface area contributed by atoms with Crippen molar-refractivity contribution in [2.24, 2.45) is 0 Å². The maximum Gasteiger partial charge on any atom is 0.264 e. The van der Waals surface area contributed by atoms with Gasteiger partial charge < -0.3 is 10.2 Å². The van der Waals surface area contributed by atoms with Gasteiger partial charge in [-0.15, -0.1) is 0 Å². The number of nitrogens with one attached hydrogen (secondary N) is 1. The Balaban J connectivity index is 2.02. The van der Waals surface area contributed by atoms with E-state index in [0.717, 1.165) is 22.7 Å². The molecule has 208 valence electrons. The number of sulfonamides is 1. The largest absolute Gasteiger partial charge is 0.354 e. The van der Waals surface area contributed by atoms with E-state index in [1.807, 2.05) is 6.92 Å². The van der Waals surface area contributed by atoms with Gasteiger partial charge in [0.2, 0.25) is 11.8 Å². The van der Waals surface area contributed by atoms with Crippen molar-refractivity contribution in [3.8, 4) is 0 Å². The third-order valence-electron chi connectivity index (χ3n) is 6.35. The molecular weight excluding hydrogens is 557 g/mol. The van der Waals surface area contributed by atoms with E-state index in [0.29, 0.717) is 22.2 Å². The van der Waals surface area contributed by atoms with Crippen LogP contribution in [-0.4, -0.2) is 44.3 Å². The van der Waals surface area contributed by atoms with E-state index in [1.54, 1.807) is 68.4 Å². The van der Waals surface area contributed by atoms with Gasteiger partial charge in [-0.2, -0.15) is 0 Å². The highest BCUT2D eigenvalue weighted by molar-refractivity contribution is 7.92. The number of hydrogen-bond acceptors (Lipinski definition) is 4. The summed E-state index contributed by atoms with van der Waals surface area (Å²) >= 11 is 12.7. The number of halogens is 2. The second-order valence-corrected chi connectivity index (χ2v) is 11.9. The highest BCUT2D eigenvalue weighted by Gasteiger charge is 2.32. The quantitative estimate of drug-likeness (QED) is 0.269. The molecule has 3 aromatic carbocycles. The maximum absolute atomic E-state index is 13.9. The molecule has 0 saturated heterocycles. The Kier molecular flexibility index (Phi) is 10.8. The highest BCUT2D eigenvalue weighted by Crippen LogP contribution is 2.29. The lowest BCUT2D eigenvalue weighted by Gasteiger charge is -2.32. The fraction of sp³-hybridized carbons (Fsp3) is 0.310. The number of nitrogens with zero attached hydrogens (tertiary/aromatic N) is 2. The molecule has 1 atom stereocenters. The molecule has 2 amide bonds. The van der Waals surface area contributed by atoms with Gasteiger partial charge in [-0.05, 0) is 61.7 Å². The summed E-state index contributed by atoms with van der Waals surface area (Å²) in [5.41, 5.74) is 1.64. The van der Waals surface area contributed by atoms with Crippen molar-refractivity contribution in [2.45, 2.75) is 51.1 Å². The standard InChI is InChI=1S/C29H33Cl2N3O4S/c1-4-5-17-32-29(36)22(3)33(19-23-11-9-10-14-26(23)30)28(35)20-34(24-16-15-21(2)27(31)18-24)39(37,38)25-12-7-6-8-13-25/h6-16,18,22H,4-5,17,19-20H2,1-3H3,(H,32,36). The Morgan fingerprint density at radius 3 is 2.26 bits per heavy atom. The van der Waals surface area contributed by atoms with E-state index >= 15 is 0 Å². The molecule has 0 fully saturated rings. The Labute approximate surface area is 240 Å². The molecule has 0 spiro atoms. The van der Waals surface area contributed by atoms with Gasteiger partial charge in [0, 0.05) is 23.1 Å². The maximum atomic E-state index is 13.9. The fourth-order valence-electron chi connectivity index (χ4n) is 3.91. The molecule has 0 heterocycles. The number of benzene rings is 3. The first-order chi connectivity index (χ1) is 18.6. The molecule has 1 N–H and O–H groups in total. The summed E-state index contributed by atoms with van der Waals surface area (Å²) < 4.78 is 28.6. The zero-order valence-corrected chi connectivity index (χ0v) is 24.6. The Bertz CT molecular complexity index is 1400. The number of unbranched alkanes of at least 4 members (excludes halogenated alkanes) is 1. The average Bonchev–Trinajstić information content (AvgIpc) is 2.92. The molecule has 3 aromatic rings. The second kappa shape index (κ2) is 13.8. The minimum absolute atomic E-state index is 0.0226. The van der Waals surface area contributed by atoms with Crippen molar-refractivity contribution in [3.63, 3.8) is 0 Å². The lowest BCUT2D eigenvalue weighted by Crippen LogP contribution is -2.51. The molecule has 0 aliphatic heterocycles. The Morgan fingerprint density at radius 2 is 1.62 bits per heavy atom. The minimum atomic E-state index is -4.16. The van der Waals surface area contributed by atoms with E-state index < -0.39 is 28.5 Å². The third kappa shape index (κ3) is 7.75. The van der Waals surface area contributed by atoms with Gasteiger partial charge in [-0.1, -0.05) is 79.0 Å². The van der Waals surface area contributed by atoms with E-state index in [-0.39, 0.29) is 23.0 Å². The Hall–Kier alpha value is -3.07. The van der Waals surface area contributed by atoms with Crippen molar-refractivity contribution in [1.29, 1.82) is 0 Å². The first-order valence-corrected chi connectivity index (χ1v) is 14.9. The van der Waals surface area contributed by atoms with Crippen molar-refractivity contribution < 1.29 is 18.0 Å². The van der Waals surface area contributed by atoms with Crippen LogP contribution in [0.1, 0.15) is 37.8 Å². The summed E-state index contributed by atoms with van der Waals surface area (Å²) in [6, 6.07) is 18.8. The minimum Gasteiger partial charge on any atom is -0.354 e. The number of rotatable bonds is 12. The first kappa shape index (κ1) is 30.5. The number of anilines is 1. The average molecular weight is 591 g/mol. The van der Waals surface area contributed by atoms with Crippen LogP contribution < -0.4 is 9.62 Å². The van der Waals surface area contributed by atoms with E-state index in [9.17, 15) is 18.0 Å². The normalized spacial score (nSPS) is 12.0. The molecule has 0 aromatic heterocycles. The van der Waals surface area contributed by atoms with E-state index in [2.05, 4.69) is 5.32 Å². The molecular formula is C29H33Cl2N3O4S. The predicted molar refractivity (Wildman–Crippen MR) is 157 cm³/mol. The zero-order valence-electron chi connectivity index (χ0n) is 22.2. The monoisotopic (exact) mass is 589 g/mol. The molecule has 0 aliphatic carbocycles. The molecule has 1 unspecified atom stereocenters. The van der Waals surface area contributed by atoms with Crippen LogP contribution in [0.3, 0.4) is 0 Å². The molecule has 7 nitrogen and oxygen atoms in total. The molecule has 0 saturated carbocycles. The van der Waals surface area contributed by atoms with Gasteiger partial charge in [0.15, 0.2) is 0 Å². The van der Waals surface area contributed by atoms with Crippen LogP contribution in [0.25, 0.3) is 0 Å². The number of aryl methyl sites for hydroxylation is 1. The van der Waals surface area contributed by atoms with Crippen molar-refractivity contribution in [2.75, 3.05) is 17.4 Å². The summed E-state index contributed by atoms with van der Waals surface area (Å²) in [4.78, 5) is 28.3. The molecule has 3 rings (SSSR count). The van der Waals surface area contributed by atoms with Gasteiger partial charge in [0.1, 0.15) is 12.6 Å². The van der Waals surface area contributed by atoms with Crippen LogP contribution in [0.15, 0.2) is 77.7 Å². The van der Waals surface area contributed by atoms with Crippen LogP contribution in [0, 0.1) is 6.92 Å². The lowest BCUT2D eigenvalue weighted by atomic mass is 10.1. The van der Waals surface area contributed by atoms with E-state index in [4.69, 9.17) is 23.2 Å².